The van der Waals surface area contributed by atoms with Gasteiger partial charge in [-0.3, -0.25) is 9.59 Å². The number of hydrogen-bond donors (Lipinski definition) is 1. The summed E-state index contributed by atoms with van der Waals surface area (Å²) < 4.78 is 0. The van der Waals surface area contributed by atoms with Crippen LogP contribution in [0.5, 0.6) is 0 Å². The molecule has 0 spiro atoms. The molecule has 0 aliphatic carbocycles. The maximum Gasteiger partial charge on any atom is 0.245 e. The fourth-order valence-corrected chi connectivity index (χ4v) is 3.11. The number of likely N-dealkylation sites (N-methyl/N-ethyl adjacent to an activating group) is 1. The van der Waals surface area contributed by atoms with E-state index < -0.39 is 0 Å². The minimum Gasteiger partial charge on any atom is -0.332 e. The normalized spacial score (nSPS) is 10.8. The van der Waals surface area contributed by atoms with Crippen LogP contribution in [-0.2, 0) is 16.0 Å². The van der Waals surface area contributed by atoms with Crippen LogP contribution < -0.4 is 5.32 Å². The van der Waals surface area contributed by atoms with Gasteiger partial charge in [-0.15, -0.1) is 11.3 Å². The van der Waals surface area contributed by atoms with Crippen molar-refractivity contribution in [2.24, 2.45) is 0 Å². The quantitative estimate of drug-likeness (QED) is 0.732. The number of aryl methyl sites for hydroxylation is 2. The Kier molecular flexibility index (Phi) is 7.74. The molecular weight excluding hydrogens is 348 g/mol. The first-order valence-corrected chi connectivity index (χ1v) is 9.50. The number of carbonyl (C=O) groups is 2. The van der Waals surface area contributed by atoms with Gasteiger partial charge in [-0.1, -0.05) is 30.3 Å². The van der Waals surface area contributed by atoms with Gasteiger partial charge in [-0.05, 0) is 33.0 Å². The Morgan fingerprint density at radius 2 is 1.88 bits per heavy atom. The molecule has 0 fully saturated rings. The molecule has 0 aliphatic heterocycles. The smallest absolute Gasteiger partial charge is 0.245 e. The molecular formula is C19H26N4O2S. The van der Waals surface area contributed by atoms with E-state index in [1.165, 1.54) is 11.3 Å². The van der Waals surface area contributed by atoms with E-state index in [4.69, 9.17) is 0 Å². The van der Waals surface area contributed by atoms with E-state index in [2.05, 4.69) is 10.3 Å². The number of carbonyl (C=O) groups excluding carboxylic acids is 2. The third-order valence-corrected chi connectivity index (χ3v) is 4.72. The van der Waals surface area contributed by atoms with Gasteiger partial charge in [0.15, 0.2) is 5.13 Å². The highest BCUT2D eigenvalue weighted by Crippen LogP contribution is 2.14. The third-order valence-electron chi connectivity index (χ3n) is 3.84. The summed E-state index contributed by atoms with van der Waals surface area (Å²) in [6.07, 6.45) is 1.06. The summed E-state index contributed by atoms with van der Waals surface area (Å²) in [5, 5.41) is 5.22. The standard InChI is InChI=1S/C19H26N4O2S/c1-15-14-26-19(20-15)21-17(24)13-23(12-11-22(2)3)18(25)10-9-16-7-5-4-6-8-16/h4-8,14H,9-13H2,1-3H3,(H,20,21,24). The number of aromatic nitrogens is 1. The van der Waals surface area contributed by atoms with Crippen LogP contribution in [-0.4, -0.2) is 60.3 Å². The van der Waals surface area contributed by atoms with Crippen molar-refractivity contribution in [3.63, 3.8) is 0 Å². The second-order valence-electron chi connectivity index (χ2n) is 6.45. The molecule has 1 N–H and O–H groups in total. The second kappa shape index (κ2) is 10.0. The van der Waals surface area contributed by atoms with E-state index in [9.17, 15) is 9.59 Å². The number of thiazole rings is 1. The summed E-state index contributed by atoms with van der Waals surface area (Å²) in [5.41, 5.74) is 1.99. The number of hydrogen-bond acceptors (Lipinski definition) is 5. The molecule has 0 saturated heterocycles. The van der Waals surface area contributed by atoms with Crippen LogP contribution in [0.25, 0.3) is 0 Å². The van der Waals surface area contributed by atoms with Crippen molar-refractivity contribution in [3.05, 3.63) is 47.0 Å². The molecule has 0 aliphatic rings. The van der Waals surface area contributed by atoms with Gasteiger partial charge in [-0.25, -0.2) is 4.98 Å². The maximum atomic E-state index is 12.6. The molecule has 2 rings (SSSR count). The number of nitrogens with one attached hydrogen (secondary N) is 1. The Morgan fingerprint density at radius 1 is 1.15 bits per heavy atom. The molecule has 2 aromatic rings. The molecule has 0 unspecified atom stereocenters. The lowest BCUT2D eigenvalue weighted by atomic mass is 10.1. The van der Waals surface area contributed by atoms with Crippen molar-refractivity contribution in [2.75, 3.05) is 39.0 Å². The first-order valence-electron chi connectivity index (χ1n) is 8.62. The number of nitrogens with zero attached hydrogens (tertiary/aromatic N) is 3. The van der Waals surface area contributed by atoms with Gasteiger partial charge in [-0.2, -0.15) is 0 Å². The molecule has 1 aromatic carbocycles. The molecule has 0 radical (unpaired) electrons. The molecule has 0 saturated carbocycles. The number of anilines is 1. The molecule has 2 amide bonds. The second-order valence-corrected chi connectivity index (χ2v) is 7.30. The zero-order valence-corrected chi connectivity index (χ0v) is 16.4. The van der Waals surface area contributed by atoms with Crippen LogP contribution in [0.15, 0.2) is 35.7 Å². The fourth-order valence-electron chi connectivity index (χ4n) is 2.41. The highest BCUT2D eigenvalue weighted by Gasteiger charge is 2.18. The van der Waals surface area contributed by atoms with E-state index in [-0.39, 0.29) is 18.4 Å². The van der Waals surface area contributed by atoms with Crippen molar-refractivity contribution >= 4 is 28.3 Å². The van der Waals surface area contributed by atoms with E-state index in [0.717, 1.165) is 11.3 Å². The Labute approximate surface area is 158 Å². The molecule has 1 aromatic heterocycles. The Balaban J connectivity index is 1.92. The van der Waals surface area contributed by atoms with Gasteiger partial charge in [0.1, 0.15) is 0 Å². The Bertz CT molecular complexity index is 715. The lowest BCUT2D eigenvalue weighted by Gasteiger charge is -2.24. The maximum absolute atomic E-state index is 12.6. The van der Waals surface area contributed by atoms with E-state index in [1.807, 2.05) is 61.6 Å². The molecule has 0 atom stereocenters. The zero-order chi connectivity index (χ0) is 18.9. The largest absolute Gasteiger partial charge is 0.332 e. The Morgan fingerprint density at radius 3 is 2.50 bits per heavy atom. The fraction of sp³-hybridized carbons (Fsp3) is 0.421. The van der Waals surface area contributed by atoms with Crippen LogP contribution in [0.3, 0.4) is 0 Å². The van der Waals surface area contributed by atoms with Crippen molar-refractivity contribution in [1.29, 1.82) is 0 Å². The highest BCUT2D eigenvalue weighted by molar-refractivity contribution is 7.13. The van der Waals surface area contributed by atoms with Crippen LogP contribution in [0, 0.1) is 6.92 Å². The molecule has 140 valence electrons. The highest BCUT2D eigenvalue weighted by atomic mass is 32.1. The van der Waals surface area contributed by atoms with E-state index >= 15 is 0 Å². The lowest BCUT2D eigenvalue weighted by Crippen LogP contribution is -2.41. The summed E-state index contributed by atoms with van der Waals surface area (Å²) in [4.78, 5) is 32.8. The van der Waals surface area contributed by atoms with Gasteiger partial charge in [0.25, 0.3) is 0 Å². The first kappa shape index (κ1) is 20.1. The van der Waals surface area contributed by atoms with Crippen molar-refractivity contribution < 1.29 is 9.59 Å². The average Bonchev–Trinajstić information content (AvgIpc) is 3.01. The first-order chi connectivity index (χ1) is 12.4. The van der Waals surface area contributed by atoms with Crippen molar-refractivity contribution in [1.82, 2.24) is 14.8 Å². The van der Waals surface area contributed by atoms with Crippen LogP contribution >= 0.6 is 11.3 Å². The molecule has 7 heteroatoms. The molecule has 26 heavy (non-hydrogen) atoms. The monoisotopic (exact) mass is 374 g/mol. The van der Waals surface area contributed by atoms with Crippen molar-refractivity contribution in [2.45, 2.75) is 19.8 Å². The Hall–Kier alpha value is -2.25. The summed E-state index contributed by atoms with van der Waals surface area (Å²) in [6.45, 7) is 3.15. The van der Waals surface area contributed by atoms with Crippen LogP contribution in [0.2, 0.25) is 0 Å². The minimum absolute atomic E-state index is 0.0128. The van der Waals surface area contributed by atoms with Crippen molar-refractivity contribution in [3.8, 4) is 0 Å². The summed E-state index contributed by atoms with van der Waals surface area (Å²) in [5.74, 6) is -0.229. The summed E-state index contributed by atoms with van der Waals surface area (Å²) >= 11 is 1.38. The molecule has 0 bridgehead atoms. The molecule has 1 heterocycles. The summed E-state index contributed by atoms with van der Waals surface area (Å²) in [6, 6.07) is 9.91. The average molecular weight is 375 g/mol. The number of benzene rings is 1. The van der Waals surface area contributed by atoms with Gasteiger partial charge >= 0.3 is 0 Å². The number of rotatable bonds is 9. The topological polar surface area (TPSA) is 65.5 Å². The lowest BCUT2D eigenvalue weighted by molar-refractivity contribution is -0.134. The van der Waals surface area contributed by atoms with E-state index in [0.29, 0.717) is 31.1 Å². The SMILES string of the molecule is Cc1csc(NC(=O)CN(CCN(C)C)C(=O)CCc2ccccc2)n1. The molecule has 6 nitrogen and oxygen atoms in total. The zero-order valence-electron chi connectivity index (χ0n) is 15.6. The van der Waals surface area contributed by atoms with E-state index in [1.54, 1.807) is 4.90 Å². The van der Waals surface area contributed by atoms with Gasteiger partial charge in [0, 0.05) is 24.9 Å². The minimum atomic E-state index is -0.217. The van der Waals surface area contributed by atoms with Gasteiger partial charge < -0.3 is 15.1 Å². The predicted molar refractivity (Wildman–Crippen MR) is 105 cm³/mol. The number of amides is 2. The predicted octanol–water partition coefficient (Wildman–Crippen LogP) is 2.41. The third kappa shape index (κ3) is 6.93. The van der Waals surface area contributed by atoms with Crippen LogP contribution in [0.4, 0.5) is 5.13 Å². The van der Waals surface area contributed by atoms with Gasteiger partial charge in [0.05, 0.1) is 12.2 Å². The van der Waals surface area contributed by atoms with Crippen LogP contribution in [0.1, 0.15) is 17.7 Å². The van der Waals surface area contributed by atoms with Gasteiger partial charge in [0.2, 0.25) is 11.8 Å². The summed E-state index contributed by atoms with van der Waals surface area (Å²) in [7, 11) is 3.90.